The van der Waals surface area contributed by atoms with Gasteiger partial charge in [-0.2, -0.15) is 5.10 Å². The Morgan fingerprint density at radius 1 is 1.00 bits per heavy atom. The van der Waals surface area contributed by atoms with Crippen molar-refractivity contribution in [3.05, 3.63) is 53.5 Å². The third-order valence-electron chi connectivity index (χ3n) is 5.93. The van der Waals surface area contributed by atoms with Gasteiger partial charge in [0, 0.05) is 55.2 Å². The van der Waals surface area contributed by atoms with Gasteiger partial charge in [-0.05, 0) is 12.1 Å². The fourth-order valence-corrected chi connectivity index (χ4v) is 4.14. The zero-order valence-electron chi connectivity index (χ0n) is 19.2. The highest BCUT2D eigenvalue weighted by molar-refractivity contribution is 5.98. The van der Waals surface area contributed by atoms with Crippen LogP contribution in [0.2, 0.25) is 0 Å². The molecular weight excluding hydrogens is 460 g/mol. The van der Waals surface area contributed by atoms with Crippen molar-refractivity contribution >= 4 is 16.8 Å². The maximum atomic E-state index is 14.9. The molecule has 11 heteroatoms. The highest BCUT2D eigenvalue weighted by Crippen LogP contribution is 2.38. The van der Waals surface area contributed by atoms with Crippen molar-refractivity contribution in [3.8, 4) is 34.0 Å². The number of methoxy groups -OCH3 is 3. The number of rotatable bonds is 7. The van der Waals surface area contributed by atoms with E-state index >= 15 is 0 Å². The molecule has 1 aliphatic heterocycles. The summed E-state index contributed by atoms with van der Waals surface area (Å²) in [5.41, 5.74) is 2.64. The molecule has 0 bridgehead atoms. The number of aromatic nitrogens is 4. The minimum absolute atomic E-state index is 0.0476. The van der Waals surface area contributed by atoms with Gasteiger partial charge < -0.3 is 19.1 Å². The Hall–Kier alpha value is -4.12. The predicted molar refractivity (Wildman–Crippen MR) is 122 cm³/mol. The number of nitrogens with one attached hydrogen (secondary N) is 1. The van der Waals surface area contributed by atoms with E-state index < -0.39 is 11.6 Å². The molecule has 4 aromatic rings. The monoisotopic (exact) mass is 481 g/mol. The summed E-state index contributed by atoms with van der Waals surface area (Å²) in [5, 5.41) is 7.88. The van der Waals surface area contributed by atoms with Gasteiger partial charge in [0.2, 0.25) is 0 Å². The lowest BCUT2D eigenvalue weighted by molar-refractivity contribution is 0.0715. The van der Waals surface area contributed by atoms with E-state index in [0.29, 0.717) is 47.6 Å². The van der Waals surface area contributed by atoms with Crippen LogP contribution in [0.4, 0.5) is 8.78 Å². The molecule has 4 heterocycles. The Kier molecular flexibility index (Phi) is 5.77. The highest BCUT2D eigenvalue weighted by Gasteiger charge is 2.29. The van der Waals surface area contributed by atoms with E-state index in [1.54, 1.807) is 18.2 Å². The molecule has 1 aromatic carbocycles. The van der Waals surface area contributed by atoms with Crippen molar-refractivity contribution in [3.63, 3.8) is 0 Å². The molecule has 0 atom stereocenters. The quantitative estimate of drug-likeness (QED) is 0.430. The number of pyridine rings is 2. The first-order valence-electron chi connectivity index (χ1n) is 10.7. The van der Waals surface area contributed by atoms with Gasteiger partial charge in [-0.3, -0.25) is 19.9 Å². The van der Waals surface area contributed by atoms with Crippen LogP contribution in [0.1, 0.15) is 16.1 Å². The van der Waals surface area contributed by atoms with Crippen molar-refractivity contribution in [2.75, 3.05) is 34.5 Å². The molecule has 35 heavy (non-hydrogen) atoms. The van der Waals surface area contributed by atoms with E-state index in [9.17, 15) is 13.6 Å². The standard InChI is InChI=1S/C24H21F2N5O4/c1-33-5-4-31-11-13-6-12(9-28-23(13)24(31)32)22-14-10-27-16(7-15(14)29-30-22)19-20(25)17(34-2)8-18(35-3)21(19)26/h6-10H,4-5,11H2,1-3H3,(H,29,30). The highest BCUT2D eigenvalue weighted by atomic mass is 19.1. The first-order valence-corrected chi connectivity index (χ1v) is 10.7. The number of fused-ring (bicyclic) bond motifs is 2. The minimum Gasteiger partial charge on any atom is -0.494 e. The van der Waals surface area contributed by atoms with Crippen LogP contribution < -0.4 is 9.47 Å². The Bertz CT molecular complexity index is 1430. The average molecular weight is 481 g/mol. The molecule has 180 valence electrons. The Labute approximate surface area is 198 Å². The van der Waals surface area contributed by atoms with Gasteiger partial charge >= 0.3 is 0 Å². The van der Waals surface area contributed by atoms with Crippen LogP contribution in [0.25, 0.3) is 33.4 Å². The van der Waals surface area contributed by atoms with Crippen LogP contribution in [0.3, 0.4) is 0 Å². The molecule has 1 N–H and O–H groups in total. The molecule has 3 aromatic heterocycles. The van der Waals surface area contributed by atoms with E-state index in [0.717, 1.165) is 11.6 Å². The average Bonchev–Trinajstić information content (AvgIpc) is 3.43. The second-order valence-corrected chi connectivity index (χ2v) is 7.92. The molecule has 0 saturated carbocycles. The predicted octanol–water partition coefficient (Wildman–Crippen LogP) is 3.58. The minimum atomic E-state index is -0.886. The fourth-order valence-electron chi connectivity index (χ4n) is 4.14. The molecule has 0 aliphatic carbocycles. The molecule has 9 nitrogen and oxygen atoms in total. The van der Waals surface area contributed by atoms with Gasteiger partial charge in [0.15, 0.2) is 23.1 Å². The third-order valence-corrected chi connectivity index (χ3v) is 5.93. The summed E-state index contributed by atoms with van der Waals surface area (Å²) in [7, 11) is 4.15. The van der Waals surface area contributed by atoms with Crippen LogP contribution in [0.15, 0.2) is 30.6 Å². The summed E-state index contributed by atoms with van der Waals surface area (Å²) < 4.78 is 45.0. The molecule has 0 saturated heterocycles. The number of halogens is 2. The number of nitrogens with zero attached hydrogens (tertiary/aromatic N) is 4. The third kappa shape index (κ3) is 3.73. The molecular formula is C24H21F2N5O4. The van der Waals surface area contributed by atoms with E-state index in [4.69, 9.17) is 14.2 Å². The molecule has 0 unspecified atom stereocenters. The Morgan fingerprint density at radius 2 is 1.74 bits per heavy atom. The summed E-state index contributed by atoms with van der Waals surface area (Å²) >= 11 is 0. The number of aromatic amines is 1. The Morgan fingerprint density at radius 3 is 2.43 bits per heavy atom. The Balaban J connectivity index is 1.53. The van der Waals surface area contributed by atoms with Crippen molar-refractivity contribution < 1.29 is 27.8 Å². The lowest BCUT2D eigenvalue weighted by atomic mass is 10.1. The lowest BCUT2D eigenvalue weighted by Crippen LogP contribution is -2.27. The van der Waals surface area contributed by atoms with Crippen molar-refractivity contribution in [1.29, 1.82) is 0 Å². The maximum Gasteiger partial charge on any atom is 0.273 e. The summed E-state index contributed by atoms with van der Waals surface area (Å²) in [6.45, 7) is 1.34. The maximum absolute atomic E-state index is 14.9. The number of carbonyl (C=O) groups excluding carboxylic acids is 1. The SMILES string of the molecule is COCCN1Cc2cc(-c3n[nH]c4cc(-c5c(F)c(OC)cc(OC)c5F)ncc34)cnc2C1=O. The van der Waals surface area contributed by atoms with Crippen molar-refractivity contribution in [2.45, 2.75) is 6.54 Å². The molecule has 5 rings (SSSR count). The van der Waals surface area contributed by atoms with E-state index in [1.807, 2.05) is 6.07 Å². The summed E-state index contributed by atoms with van der Waals surface area (Å²) in [4.78, 5) is 22.8. The van der Waals surface area contributed by atoms with Crippen LogP contribution in [-0.2, 0) is 11.3 Å². The number of benzene rings is 1. The lowest BCUT2D eigenvalue weighted by Gasteiger charge is -2.13. The molecule has 1 amide bonds. The second kappa shape index (κ2) is 8.91. The molecule has 0 radical (unpaired) electrons. The first-order chi connectivity index (χ1) is 17.0. The van der Waals surface area contributed by atoms with Crippen LogP contribution in [-0.4, -0.2) is 65.5 Å². The summed E-state index contributed by atoms with van der Waals surface area (Å²) in [6.07, 6.45) is 3.06. The first kappa shape index (κ1) is 22.7. The zero-order chi connectivity index (χ0) is 24.7. The van der Waals surface area contributed by atoms with Crippen molar-refractivity contribution in [1.82, 2.24) is 25.1 Å². The molecule has 0 spiro atoms. The van der Waals surface area contributed by atoms with E-state index in [2.05, 4.69) is 20.2 Å². The molecule has 1 aliphatic rings. The van der Waals surface area contributed by atoms with Crippen molar-refractivity contribution in [2.24, 2.45) is 0 Å². The fraction of sp³-hybridized carbons (Fsp3) is 0.250. The summed E-state index contributed by atoms with van der Waals surface area (Å²) in [6, 6.07) is 4.51. The van der Waals surface area contributed by atoms with E-state index in [-0.39, 0.29) is 28.7 Å². The number of H-pyrrole nitrogens is 1. The zero-order valence-corrected chi connectivity index (χ0v) is 19.2. The van der Waals surface area contributed by atoms with Gasteiger partial charge in [0.05, 0.1) is 37.6 Å². The normalized spacial score (nSPS) is 12.9. The number of carbonyl (C=O) groups is 1. The topological polar surface area (TPSA) is 102 Å². The van der Waals surface area contributed by atoms with Gasteiger partial charge in [0.25, 0.3) is 5.91 Å². The van der Waals surface area contributed by atoms with Crippen LogP contribution in [0.5, 0.6) is 11.5 Å². The molecule has 0 fully saturated rings. The number of hydrogen-bond donors (Lipinski definition) is 1. The smallest absolute Gasteiger partial charge is 0.273 e. The number of hydrogen-bond acceptors (Lipinski definition) is 7. The van der Waals surface area contributed by atoms with Gasteiger partial charge in [-0.1, -0.05) is 0 Å². The van der Waals surface area contributed by atoms with Gasteiger partial charge in [0.1, 0.15) is 11.4 Å². The van der Waals surface area contributed by atoms with Crippen LogP contribution >= 0.6 is 0 Å². The number of ether oxygens (including phenoxy) is 3. The van der Waals surface area contributed by atoms with Crippen LogP contribution in [0, 0.1) is 11.6 Å². The van der Waals surface area contributed by atoms with Gasteiger partial charge in [-0.25, -0.2) is 8.78 Å². The summed E-state index contributed by atoms with van der Waals surface area (Å²) in [5.74, 6) is -2.24. The largest absolute Gasteiger partial charge is 0.494 e. The number of amides is 1. The van der Waals surface area contributed by atoms with Gasteiger partial charge in [-0.15, -0.1) is 0 Å². The second-order valence-electron chi connectivity index (χ2n) is 7.92. The van der Waals surface area contributed by atoms with E-state index in [1.165, 1.54) is 26.5 Å².